The van der Waals surface area contributed by atoms with Crippen LogP contribution >= 0.6 is 11.3 Å². The van der Waals surface area contributed by atoms with Crippen molar-refractivity contribution in [1.29, 1.82) is 0 Å². The molecule has 1 N–H and O–H groups in total. The van der Waals surface area contributed by atoms with Crippen molar-refractivity contribution in [3.63, 3.8) is 0 Å². The van der Waals surface area contributed by atoms with Crippen LogP contribution in [0.3, 0.4) is 0 Å². The van der Waals surface area contributed by atoms with Crippen molar-refractivity contribution >= 4 is 40.0 Å². The molecule has 1 aliphatic heterocycles. The molecule has 4 aromatic heterocycles. The van der Waals surface area contributed by atoms with E-state index in [1.54, 1.807) is 40.7 Å². The maximum atomic E-state index is 14.4. The highest BCUT2D eigenvalue weighted by Crippen LogP contribution is 2.42. The monoisotopic (exact) mass is 573 g/mol. The number of amides is 2. The second kappa shape index (κ2) is 10.4. The summed E-state index contributed by atoms with van der Waals surface area (Å²) in [5.74, 6) is -1.04. The number of halogens is 1. The minimum Gasteiger partial charge on any atom is -0.319 e. The van der Waals surface area contributed by atoms with Gasteiger partial charge in [0.05, 0.1) is 33.7 Å². The molecule has 7 nitrogen and oxygen atoms in total. The first-order valence-corrected chi connectivity index (χ1v) is 14.3. The van der Waals surface area contributed by atoms with E-state index in [9.17, 15) is 14.0 Å². The third kappa shape index (κ3) is 4.44. The van der Waals surface area contributed by atoms with Gasteiger partial charge < -0.3 is 10.2 Å². The molecule has 0 saturated carbocycles. The van der Waals surface area contributed by atoms with Crippen LogP contribution in [-0.2, 0) is 6.42 Å². The predicted molar refractivity (Wildman–Crippen MR) is 163 cm³/mol. The van der Waals surface area contributed by atoms with Crippen molar-refractivity contribution in [3.05, 3.63) is 125 Å². The number of carbonyl (C=O) groups is 2. The number of nitrogens with one attached hydrogen (secondary N) is 1. The number of pyridine rings is 2. The molecule has 0 bridgehead atoms. The molecule has 5 heterocycles. The van der Waals surface area contributed by atoms with Crippen molar-refractivity contribution in [2.24, 2.45) is 0 Å². The summed E-state index contributed by atoms with van der Waals surface area (Å²) in [4.78, 5) is 35.0. The summed E-state index contributed by atoms with van der Waals surface area (Å²) in [6.07, 6.45) is 4.18. The minimum atomic E-state index is -0.472. The van der Waals surface area contributed by atoms with E-state index >= 15 is 0 Å². The van der Waals surface area contributed by atoms with Gasteiger partial charge in [-0.2, -0.15) is 5.10 Å². The average molecular weight is 574 g/mol. The maximum Gasteiger partial charge on any atom is 0.276 e. The Kier molecular flexibility index (Phi) is 6.36. The second-order valence-corrected chi connectivity index (χ2v) is 11.1. The lowest BCUT2D eigenvalue weighted by molar-refractivity contribution is 0.0981. The van der Waals surface area contributed by atoms with Crippen LogP contribution in [0.1, 0.15) is 31.3 Å². The molecule has 9 heteroatoms. The minimum absolute atomic E-state index is 0.183. The van der Waals surface area contributed by atoms with Crippen molar-refractivity contribution in [3.8, 4) is 21.7 Å². The van der Waals surface area contributed by atoms with Crippen LogP contribution in [-0.4, -0.2) is 33.0 Å². The van der Waals surface area contributed by atoms with E-state index < -0.39 is 5.82 Å². The molecule has 1 aliphatic rings. The average Bonchev–Trinajstić information content (AvgIpc) is 3.61. The number of aromatic nitrogens is 3. The number of hydrogen-bond acceptors (Lipinski definition) is 5. The van der Waals surface area contributed by atoms with Gasteiger partial charge in [-0.25, -0.2) is 13.9 Å². The molecule has 0 radical (unpaired) electrons. The Bertz CT molecular complexity index is 1990. The molecule has 2 aromatic carbocycles. The molecule has 42 heavy (non-hydrogen) atoms. The second-order valence-electron chi connectivity index (χ2n) is 10.1. The van der Waals surface area contributed by atoms with E-state index in [0.717, 1.165) is 32.8 Å². The van der Waals surface area contributed by atoms with E-state index in [4.69, 9.17) is 4.98 Å². The van der Waals surface area contributed by atoms with E-state index in [2.05, 4.69) is 10.4 Å². The molecule has 0 spiro atoms. The van der Waals surface area contributed by atoms with E-state index in [0.29, 0.717) is 34.8 Å². The molecule has 2 amide bonds. The van der Waals surface area contributed by atoms with Gasteiger partial charge in [-0.05, 0) is 66.9 Å². The lowest BCUT2D eigenvalue weighted by atomic mass is 10.1. The molecule has 206 valence electrons. The number of rotatable bonds is 4. The summed E-state index contributed by atoms with van der Waals surface area (Å²) in [6.45, 7) is 2.17. The number of carbonyl (C=O) groups excluding carboxylic acids is 2. The maximum absolute atomic E-state index is 14.4. The van der Waals surface area contributed by atoms with E-state index in [-0.39, 0.29) is 17.5 Å². The molecule has 0 atom stereocenters. The smallest absolute Gasteiger partial charge is 0.276 e. The van der Waals surface area contributed by atoms with Gasteiger partial charge in [-0.15, -0.1) is 11.3 Å². The van der Waals surface area contributed by atoms with Gasteiger partial charge in [-0.1, -0.05) is 42.5 Å². The zero-order valence-corrected chi connectivity index (χ0v) is 23.4. The van der Waals surface area contributed by atoms with Crippen molar-refractivity contribution in [2.45, 2.75) is 13.3 Å². The first-order chi connectivity index (χ1) is 20.5. The molecule has 6 aromatic rings. The number of para-hydroxylation sites is 2. The van der Waals surface area contributed by atoms with Crippen LogP contribution < -0.4 is 10.2 Å². The fourth-order valence-electron chi connectivity index (χ4n) is 5.36. The Morgan fingerprint density at radius 3 is 2.67 bits per heavy atom. The van der Waals surface area contributed by atoms with Crippen LogP contribution in [0, 0.1) is 12.7 Å². The third-order valence-electron chi connectivity index (χ3n) is 7.45. The molecule has 0 fully saturated rings. The summed E-state index contributed by atoms with van der Waals surface area (Å²) in [5, 5.41) is 7.14. The summed E-state index contributed by atoms with van der Waals surface area (Å²) >= 11 is 1.34. The van der Waals surface area contributed by atoms with Gasteiger partial charge in [0.25, 0.3) is 11.8 Å². The summed E-state index contributed by atoms with van der Waals surface area (Å²) in [7, 11) is 0. The van der Waals surface area contributed by atoms with Gasteiger partial charge in [0, 0.05) is 28.7 Å². The topological polar surface area (TPSA) is 79.6 Å². The quantitative estimate of drug-likeness (QED) is 0.246. The Balaban J connectivity index is 1.21. The van der Waals surface area contributed by atoms with Crippen LogP contribution in [0.5, 0.6) is 0 Å². The lowest BCUT2D eigenvalue weighted by Gasteiger charge is -2.22. The first kappa shape index (κ1) is 25.8. The molecule has 0 unspecified atom stereocenters. The van der Waals surface area contributed by atoms with Gasteiger partial charge in [-0.3, -0.25) is 9.59 Å². The number of hydrogen-bond donors (Lipinski definition) is 1. The highest BCUT2D eigenvalue weighted by Gasteiger charge is 2.28. The summed E-state index contributed by atoms with van der Waals surface area (Å²) < 4.78 is 16.2. The van der Waals surface area contributed by atoms with Gasteiger partial charge >= 0.3 is 0 Å². The Labute approximate surface area is 244 Å². The summed E-state index contributed by atoms with van der Waals surface area (Å²) in [5.41, 5.74) is 6.18. The number of aryl methyl sites for hydroxylation is 1. The first-order valence-electron chi connectivity index (χ1n) is 13.5. The zero-order valence-electron chi connectivity index (χ0n) is 22.5. The highest BCUT2D eigenvalue weighted by molar-refractivity contribution is 7.17. The van der Waals surface area contributed by atoms with Crippen LogP contribution in [0.4, 0.5) is 15.8 Å². The number of nitrogens with zero attached hydrogens (tertiary/aromatic N) is 4. The normalized spacial score (nSPS) is 12.5. The van der Waals surface area contributed by atoms with E-state index in [1.807, 2.05) is 66.9 Å². The van der Waals surface area contributed by atoms with Crippen molar-refractivity contribution in [2.75, 3.05) is 16.8 Å². The number of benzene rings is 2. The lowest BCUT2D eigenvalue weighted by Crippen LogP contribution is -2.33. The molecule has 0 saturated heterocycles. The number of thiophene rings is 1. The number of fused-ring (bicyclic) bond motifs is 4. The fraction of sp³-hybridized carbons (Fsp3) is 0.0909. The Morgan fingerprint density at radius 2 is 1.79 bits per heavy atom. The Morgan fingerprint density at radius 1 is 0.952 bits per heavy atom. The molecular weight excluding hydrogens is 549 g/mol. The summed E-state index contributed by atoms with van der Waals surface area (Å²) in [6, 6.07) is 25.5. The van der Waals surface area contributed by atoms with Crippen LogP contribution in [0.25, 0.3) is 27.2 Å². The van der Waals surface area contributed by atoms with Gasteiger partial charge in [0.15, 0.2) is 0 Å². The Hall–Kier alpha value is -5.15. The number of anilines is 2. The standard InChI is InChI=1S/C33H24FN5O2S/c1-20-8-6-10-24(34)30(20)37-32(40)29-18-21-15-17-38(27-13-3-2-9-22(27)31(21)42-29)33(41)26-12-7-11-25(36-26)23-19-35-39-16-5-4-14-28(23)39/h2-14,16,18-19H,15,17H2,1H3,(H,37,40). The van der Waals surface area contributed by atoms with Crippen molar-refractivity contribution in [1.82, 2.24) is 14.6 Å². The van der Waals surface area contributed by atoms with Gasteiger partial charge in [0.1, 0.15) is 11.5 Å². The highest BCUT2D eigenvalue weighted by atomic mass is 32.1. The fourth-order valence-corrected chi connectivity index (χ4v) is 6.50. The molecule has 7 rings (SSSR count). The SMILES string of the molecule is Cc1cccc(F)c1NC(=O)c1cc2c(s1)-c1ccccc1N(C(=O)c1cccc(-c3cnn4ccccc34)n1)CC2. The predicted octanol–water partition coefficient (Wildman–Crippen LogP) is 7.03. The third-order valence-corrected chi connectivity index (χ3v) is 8.66. The van der Waals surface area contributed by atoms with Crippen LogP contribution in [0.15, 0.2) is 97.3 Å². The van der Waals surface area contributed by atoms with E-state index in [1.165, 1.54) is 17.4 Å². The van der Waals surface area contributed by atoms with Gasteiger partial charge in [0.2, 0.25) is 0 Å². The van der Waals surface area contributed by atoms with Crippen molar-refractivity contribution < 1.29 is 14.0 Å². The zero-order chi connectivity index (χ0) is 28.8. The molecular formula is C33H24FN5O2S. The largest absolute Gasteiger partial charge is 0.319 e. The molecule has 0 aliphatic carbocycles. The van der Waals surface area contributed by atoms with Crippen LogP contribution in [0.2, 0.25) is 0 Å².